The smallest absolute Gasteiger partial charge is 0.324 e. The first kappa shape index (κ1) is 22.7. The molecule has 1 atom stereocenters. The van der Waals surface area contributed by atoms with Crippen LogP contribution in [0.1, 0.15) is 40.4 Å². The number of urea groups is 1. The molecule has 8 nitrogen and oxygen atoms in total. The van der Waals surface area contributed by atoms with E-state index in [4.69, 9.17) is 15.0 Å². The largest absolute Gasteiger partial charge is 0.492 e. The Labute approximate surface area is 172 Å². The third-order valence-corrected chi connectivity index (χ3v) is 4.27. The fourth-order valence-electron chi connectivity index (χ4n) is 2.68. The van der Waals surface area contributed by atoms with Crippen molar-refractivity contribution >= 4 is 17.5 Å². The van der Waals surface area contributed by atoms with Crippen molar-refractivity contribution in [2.24, 2.45) is 5.73 Å². The van der Waals surface area contributed by atoms with Gasteiger partial charge in [0.1, 0.15) is 18.1 Å². The van der Waals surface area contributed by atoms with Crippen LogP contribution in [0.3, 0.4) is 0 Å². The molecular formula is C21H33N5O3. The topological polar surface area (TPSA) is 106 Å². The molecule has 8 heteroatoms. The van der Waals surface area contributed by atoms with Gasteiger partial charge in [-0.2, -0.15) is 0 Å². The predicted molar refractivity (Wildman–Crippen MR) is 116 cm³/mol. The van der Waals surface area contributed by atoms with E-state index >= 15 is 0 Å². The van der Waals surface area contributed by atoms with Gasteiger partial charge in [-0.1, -0.05) is 32.9 Å². The molecule has 0 fully saturated rings. The van der Waals surface area contributed by atoms with Crippen molar-refractivity contribution in [3.05, 3.63) is 36.1 Å². The second-order valence-electron chi connectivity index (χ2n) is 8.15. The number of ether oxygens (including phenoxy) is 1. The van der Waals surface area contributed by atoms with Crippen LogP contribution in [0.4, 0.5) is 16.3 Å². The molecular weight excluding hydrogens is 370 g/mol. The monoisotopic (exact) mass is 403 g/mol. The standard InChI is InChI=1S/C21H33N5O3/c1-6-26(14-15(2)22)11-12-28-17-9-7-16(8-10-17)23-20(27)24-19-13-18(29-25-19)21(3,4)5/h7-10,13,15H,6,11-12,14,22H2,1-5H3,(H2,23,24,25,27). The van der Waals surface area contributed by atoms with Crippen LogP contribution >= 0.6 is 0 Å². The number of nitrogens with two attached hydrogens (primary N) is 1. The summed E-state index contributed by atoms with van der Waals surface area (Å²) in [5.74, 6) is 1.83. The summed E-state index contributed by atoms with van der Waals surface area (Å²) in [5.41, 5.74) is 6.33. The van der Waals surface area contributed by atoms with E-state index in [9.17, 15) is 4.79 Å². The molecule has 0 aliphatic rings. The first-order chi connectivity index (χ1) is 13.7. The van der Waals surface area contributed by atoms with Crippen molar-refractivity contribution in [2.45, 2.75) is 46.1 Å². The highest BCUT2D eigenvalue weighted by atomic mass is 16.5. The maximum atomic E-state index is 12.1. The molecule has 160 valence electrons. The molecule has 1 aromatic carbocycles. The maximum absolute atomic E-state index is 12.1. The number of likely N-dealkylation sites (N-methyl/N-ethyl adjacent to an activating group) is 1. The van der Waals surface area contributed by atoms with E-state index < -0.39 is 0 Å². The molecule has 0 aliphatic carbocycles. The van der Waals surface area contributed by atoms with E-state index in [1.807, 2.05) is 39.8 Å². The Morgan fingerprint density at radius 3 is 2.52 bits per heavy atom. The minimum Gasteiger partial charge on any atom is -0.492 e. The first-order valence-electron chi connectivity index (χ1n) is 9.93. The van der Waals surface area contributed by atoms with Crippen LogP contribution in [0.2, 0.25) is 0 Å². The van der Waals surface area contributed by atoms with Crippen molar-refractivity contribution in [2.75, 3.05) is 36.9 Å². The molecule has 0 aliphatic heterocycles. The normalized spacial score (nSPS) is 12.7. The summed E-state index contributed by atoms with van der Waals surface area (Å²) in [7, 11) is 0. The van der Waals surface area contributed by atoms with E-state index in [2.05, 4.69) is 27.6 Å². The summed E-state index contributed by atoms with van der Waals surface area (Å²) in [6.07, 6.45) is 0. The van der Waals surface area contributed by atoms with Crippen molar-refractivity contribution in [1.29, 1.82) is 0 Å². The van der Waals surface area contributed by atoms with Gasteiger partial charge in [-0.15, -0.1) is 0 Å². The number of hydrogen-bond acceptors (Lipinski definition) is 6. The van der Waals surface area contributed by atoms with Crippen LogP contribution in [0.5, 0.6) is 5.75 Å². The zero-order valence-electron chi connectivity index (χ0n) is 18.0. The molecule has 1 aromatic heterocycles. The van der Waals surface area contributed by atoms with E-state index in [1.54, 1.807) is 18.2 Å². The highest BCUT2D eigenvalue weighted by molar-refractivity contribution is 5.99. The van der Waals surface area contributed by atoms with Crippen molar-refractivity contribution in [1.82, 2.24) is 10.1 Å². The van der Waals surface area contributed by atoms with Crippen molar-refractivity contribution in [3.8, 4) is 5.75 Å². The van der Waals surface area contributed by atoms with Crippen molar-refractivity contribution < 1.29 is 14.1 Å². The molecule has 4 N–H and O–H groups in total. The molecule has 0 saturated heterocycles. The molecule has 1 unspecified atom stereocenters. The number of nitrogens with zero attached hydrogens (tertiary/aromatic N) is 2. The lowest BCUT2D eigenvalue weighted by molar-refractivity contribution is 0.209. The van der Waals surface area contributed by atoms with Crippen molar-refractivity contribution in [3.63, 3.8) is 0 Å². The Kier molecular flexibility index (Phi) is 8.04. The SMILES string of the molecule is CCN(CCOc1ccc(NC(=O)Nc2cc(C(C)(C)C)on2)cc1)CC(C)N. The third-order valence-electron chi connectivity index (χ3n) is 4.27. The average molecular weight is 404 g/mol. The van der Waals surface area contributed by atoms with Crippen LogP contribution in [0.25, 0.3) is 0 Å². The molecule has 2 rings (SSSR count). The maximum Gasteiger partial charge on any atom is 0.324 e. The lowest BCUT2D eigenvalue weighted by atomic mass is 9.93. The van der Waals surface area contributed by atoms with Gasteiger partial charge in [-0.3, -0.25) is 10.2 Å². The molecule has 0 spiro atoms. The second-order valence-corrected chi connectivity index (χ2v) is 8.15. The highest BCUT2D eigenvalue weighted by Gasteiger charge is 2.20. The number of carbonyl (C=O) groups excluding carboxylic acids is 1. The summed E-state index contributed by atoms with van der Waals surface area (Å²) in [4.78, 5) is 14.4. The minimum absolute atomic E-state index is 0.142. The van der Waals surface area contributed by atoms with Gasteiger partial charge in [0.15, 0.2) is 5.82 Å². The number of benzene rings is 1. The van der Waals surface area contributed by atoms with Gasteiger partial charge < -0.3 is 20.3 Å². The molecule has 0 bridgehead atoms. The van der Waals surface area contributed by atoms with Gasteiger partial charge in [0.25, 0.3) is 0 Å². The number of carbonyl (C=O) groups is 1. The number of anilines is 2. The summed E-state index contributed by atoms with van der Waals surface area (Å²) >= 11 is 0. The van der Waals surface area contributed by atoms with E-state index in [1.165, 1.54) is 0 Å². The Morgan fingerprint density at radius 2 is 1.97 bits per heavy atom. The number of aromatic nitrogens is 1. The molecule has 0 radical (unpaired) electrons. The Morgan fingerprint density at radius 1 is 1.28 bits per heavy atom. The highest BCUT2D eigenvalue weighted by Crippen LogP contribution is 2.24. The number of nitrogens with one attached hydrogen (secondary N) is 2. The van der Waals surface area contributed by atoms with E-state index in [0.717, 1.165) is 25.4 Å². The summed E-state index contributed by atoms with van der Waals surface area (Å²) in [6, 6.07) is 8.71. The summed E-state index contributed by atoms with van der Waals surface area (Å²) in [6.45, 7) is 13.3. The van der Waals surface area contributed by atoms with Gasteiger partial charge in [-0.05, 0) is 37.7 Å². The van der Waals surface area contributed by atoms with Gasteiger partial charge in [-0.25, -0.2) is 4.79 Å². The van der Waals surface area contributed by atoms with Gasteiger partial charge in [0.2, 0.25) is 0 Å². The number of amides is 2. The second kappa shape index (κ2) is 10.3. The van der Waals surface area contributed by atoms with E-state index in [0.29, 0.717) is 23.9 Å². The minimum atomic E-state index is -0.387. The lowest BCUT2D eigenvalue weighted by Crippen LogP contribution is -2.37. The molecule has 29 heavy (non-hydrogen) atoms. The van der Waals surface area contributed by atoms with Gasteiger partial charge in [0.05, 0.1) is 0 Å². The first-order valence-corrected chi connectivity index (χ1v) is 9.93. The fourth-order valence-corrected chi connectivity index (χ4v) is 2.68. The number of rotatable bonds is 9. The summed E-state index contributed by atoms with van der Waals surface area (Å²) in [5, 5.41) is 9.30. The third kappa shape index (κ3) is 7.75. The Hall–Kier alpha value is -2.58. The molecule has 2 aromatic rings. The Balaban J connectivity index is 1.79. The Bertz CT molecular complexity index is 765. The van der Waals surface area contributed by atoms with Crippen LogP contribution < -0.4 is 21.1 Å². The quantitative estimate of drug-likeness (QED) is 0.590. The molecule has 2 amide bonds. The average Bonchev–Trinajstić information content (AvgIpc) is 3.10. The van der Waals surface area contributed by atoms with Gasteiger partial charge in [0, 0.05) is 36.3 Å². The molecule has 1 heterocycles. The predicted octanol–water partition coefficient (Wildman–Crippen LogP) is 3.66. The van der Waals surface area contributed by atoms with Gasteiger partial charge >= 0.3 is 6.03 Å². The van der Waals surface area contributed by atoms with E-state index in [-0.39, 0.29) is 17.5 Å². The lowest BCUT2D eigenvalue weighted by Gasteiger charge is -2.22. The zero-order valence-corrected chi connectivity index (χ0v) is 18.0. The van der Waals surface area contributed by atoms with Crippen LogP contribution in [-0.4, -0.2) is 48.4 Å². The van der Waals surface area contributed by atoms with Crippen LogP contribution in [-0.2, 0) is 5.41 Å². The molecule has 0 saturated carbocycles. The van der Waals surface area contributed by atoms with Crippen LogP contribution in [0, 0.1) is 0 Å². The number of hydrogen-bond donors (Lipinski definition) is 3. The van der Waals surface area contributed by atoms with Crippen LogP contribution in [0.15, 0.2) is 34.9 Å². The zero-order chi connectivity index (χ0) is 21.4. The fraction of sp³-hybridized carbons (Fsp3) is 0.524. The summed E-state index contributed by atoms with van der Waals surface area (Å²) < 4.78 is 11.0.